The number of esters is 1. The Morgan fingerprint density at radius 2 is 2.08 bits per heavy atom. The minimum absolute atomic E-state index is 0.340. The number of fused-ring (bicyclic) bond motifs is 1. The van der Waals surface area contributed by atoms with Gasteiger partial charge in [0.05, 0.1) is 23.8 Å². The van der Waals surface area contributed by atoms with Crippen LogP contribution in [0.5, 0.6) is 0 Å². The van der Waals surface area contributed by atoms with Crippen molar-refractivity contribution in [2.75, 3.05) is 0 Å². The molecule has 0 aliphatic rings. The van der Waals surface area contributed by atoms with Crippen molar-refractivity contribution in [2.24, 2.45) is 0 Å². The fraction of sp³-hybridized carbons (Fsp3) is 0.111. The van der Waals surface area contributed by atoms with E-state index in [4.69, 9.17) is 16.3 Å². The Morgan fingerprint density at radius 1 is 1.23 bits per heavy atom. The molecule has 130 valence electrons. The van der Waals surface area contributed by atoms with Crippen LogP contribution in [0.15, 0.2) is 61.3 Å². The molecule has 0 aliphatic heterocycles. The maximum Gasteiger partial charge on any atom is 0.341 e. The Labute approximate surface area is 153 Å². The van der Waals surface area contributed by atoms with Crippen LogP contribution in [0.2, 0.25) is 5.02 Å². The SMILES string of the molecule is O=C(O[C@@H](Cn1cncn1)c1ccc(Cl)cc1)c1cccc2cn[nH]c12. The van der Waals surface area contributed by atoms with E-state index in [1.807, 2.05) is 18.2 Å². The summed E-state index contributed by atoms with van der Waals surface area (Å²) < 4.78 is 7.41. The maximum atomic E-state index is 12.8. The summed E-state index contributed by atoms with van der Waals surface area (Å²) in [7, 11) is 0. The molecular weight excluding hydrogens is 354 g/mol. The lowest BCUT2D eigenvalue weighted by Gasteiger charge is -2.18. The molecule has 1 N–H and O–H groups in total. The van der Waals surface area contributed by atoms with E-state index < -0.39 is 12.1 Å². The number of halogens is 1. The van der Waals surface area contributed by atoms with Gasteiger partial charge in [-0.05, 0) is 23.8 Å². The first kappa shape index (κ1) is 16.3. The number of ether oxygens (including phenoxy) is 1. The molecule has 0 amide bonds. The van der Waals surface area contributed by atoms with Gasteiger partial charge in [0.1, 0.15) is 18.8 Å². The molecule has 2 heterocycles. The third kappa shape index (κ3) is 3.29. The Kier molecular flexibility index (Phi) is 4.37. The Bertz CT molecular complexity index is 1030. The quantitative estimate of drug-likeness (QED) is 0.546. The van der Waals surface area contributed by atoms with Crippen LogP contribution in [-0.2, 0) is 11.3 Å². The van der Waals surface area contributed by atoms with Crippen molar-refractivity contribution in [1.82, 2.24) is 25.0 Å². The lowest BCUT2D eigenvalue weighted by Crippen LogP contribution is -2.17. The molecule has 4 rings (SSSR count). The molecular formula is C18H14ClN5O2. The minimum Gasteiger partial charge on any atom is -0.452 e. The summed E-state index contributed by atoms with van der Waals surface area (Å²) in [6.45, 7) is 0.340. The number of nitrogens with one attached hydrogen (secondary N) is 1. The summed E-state index contributed by atoms with van der Waals surface area (Å²) in [5.74, 6) is -0.445. The Morgan fingerprint density at radius 3 is 2.85 bits per heavy atom. The van der Waals surface area contributed by atoms with Gasteiger partial charge in [-0.15, -0.1) is 0 Å². The van der Waals surface area contributed by atoms with Crippen molar-refractivity contribution < 1.29 is 9.53 Å². The number of para-hydroxylation sites is 1. The predicted molar refractivity (Wildman–Crippen MR) is 95.7 cm³/mol. The number of benzene rings is 2. The zero-order valence-corrected chi connectivity index (χ0v) is 14.3. The molecule has 0 bridgehead atoms. The number of hydrogen-bond acceptors (Lipinski definition) is 5. The summed E-state index contributed by atoms with van der Waals surface area (Å²) in [6, 6.07) is 12.5. The van der Waals surface area contributed by atoms with E-state index in [-0.39, 0.29) is 0 Å². The summed E-state index contributed by atoms with van der Waals surface area (Å²) in [4.78, 5) is 16.7. The largest absolute Gasteiger partial charge is 0.452 e. The van der Waals surface area contributed by atoms with Gasteiger partial charge in [-0.1, -0.05) is 35.9 Å². The average Bonchev–Trinajstić information content (AvgIpc) is 3.33. The van der Waals surface area contributed by atoms with Crippen LogP contribution >= 0.6 is 11.6 Å². The highest BCUT2D eigenvalue weighted by Crippen LogP contribution is 2.25. The molecule has 0 fully saturated rings. The number of H-pyrrole nitrogens is 1. The lowest BCUT2D eigenvalue weighted by molar-refractivity contribution is 0.0248. The molecule has 0 saturated heterocycles. The predicted octanol–water partition coefficient (Wildman–Crippen LogP) is 3.41. The van der Waals surface area contributed by atoms with Crippen molar-refractivity contribution in [1.29, 1.82) is 0 Å². The van der Waals surface area contributed by atoms with Crippen LogP contribution in [-0.4, -0.2) is 30.9 Å². The van der Waals surface area contributed by atoms with Crippen molar-refractivity contribution in [3.8, 4) is 0 Å². The first-order valence-corrected chi connectivity index (χ1v) is 8.29. The second kappa shape index (κ2) is 6.97. The second-order valence-electron chi connectivity index (χ2n) is 5.70. The number of hydrogen-bond donors (Lipinski definition) is 1. The molecule has 4 aromatic rings. The van der Waals surface area contributed by atoms with Gasteiger partial charge in [-0.3, -0.25) is 5.10 Å². The number of aromatic amines is 1. The van der Waals surface area contributed by atoms with Crippen LogP contribution in [0.25, 0.3) is 10.9 Å². The van der Waals surface area contributed by atoms with Gasteiger partial charge in [0.2, 0.25) is 0 Å². The maximum absolute atomic E-state index is 12.8. The van der Waals surface area contributed by atoms with Crippen LogP contribution < -0.4 is 0 Å². The molecule has 0 unspecified atom stereocenters. The van der Waals surface area contributed by atoms with Crippen molar-refractivity contribution in [2.45, 2.75) is 12.6 Å². The summed E-state index contributed by atoms with van der Waals surface area (Å²) in [5, 5.41) is 12.4. The molecule has 2 aromatic heterocycles. The number of nitrogens with zero attached hydrogens (tertiary/aromatic N) is 4. The van der Waals surface area contributed by atoms with E-state index in [1.165, 1.54) is 6.33 Å². The molecule has 0 radical (unpaired) electrons. The molecule has 26 heavy (non-hydrogen) atoms. The van der Waals surface area contributed by atoms with Gasteiger partial charge < -0.3 is 4.74 Å². The molecule has 1 atom stereocenters. The van der Waals surface area contributed by atoms with Gasteiger partial charge in [0, 0.05) is 10.4 Å². The molecule has 0 spiro atoms. The van der Waals surface area contributed by atoms with E-state index in [9.17, 15) is 4.79 Å². The normalized spacial score (nSPS) is 12.2. The monoisotopic (exact) mass is 367 g/mol. The van der Waals surface area contributed by atoms with Gasteiger partial charge in [0.15, 0.2) is 0 Å². The highest BCUT2D eigenvalue weighted by molar-refractivity contribution is 6.30. The average molecular weight is 368 g/mol. The summed E-state index contributed by atoms with van der Waals surface area (Å²) in [5.41, 5.74) is 1.89. The number of rotatable bonds is 5. The van der Waals surface area contributed by atoms with Gasteiger partial charge in [-0.25, -0.2) is 14.5 Å². The number of carbonyl (C=O) groups excluding carboxylic acids is 1. The molecule has 0 saturated carbocycles. The first-order valence-electron chi connectivity index (χ1n) is 7.91. The van der Waals surface area contributed by atoms with Crippen LogP contribution in [0.3, 0.4) is 0 Å². The van der Waals surface area contributed by atoms with E-state index in [0.29, 0.717) is 22.6 Å². The third-order valence-electron chi connectivity index (χ3n) is 4.01. The second-order valence-corrected chi connectivity index (χ2v) is 6.14. The van der Waals surface area contributed by atoms with Crippen LogP contribution in [0, 0.1) is 0 Å². The molecule has 8 heteroatoms. The highest BCUT2D eigenvalue weighted by atomic mass is 35.5. The van der Waals surface area contributed by atoms with Gasteiger partial charge >= 0.3 is 5.97 Å². The Balaban J connectivity index is 1.64. The topological polar surface area (TPSA) is 85.7 Å². The number of aromatic nitrogens is 5. The first-order chi connectivity index (χ1) is 12.7. The van der Waals surface area contributed by atoms with Crippen molar-refractivity contribution in [3.05, 3.63) is 77.5 Å². The molecule has 2 aromatic carbocycles. The van der Waals surface area contributed by atoms with Crippen molar-refractivity contribution in [3.63, 3.8) is 0 Å². The smallest absolute Gasteiger partial charge is 0.341 e. The molecule has 7 nitrogen and oxygen atoms in total. The summed E-state index contributed by atoms with van der Waals surface area (Å²) >= 11 is 5.97. The fourth-order valence-electron chi connectivity index (χ4n) is 2.72. The molecule has 0 aliphatic carbocycles. The fourth-order valence-corrected chi connectivity index (χ4v) is 2.84. The van der Waals surface area contributed by atoms with E-state index in [1.54, 1.807) is 41.5 Å². The summed E-state index contributed by atoms with van der Waals surface area (Å²) in [6.07, 6.45) is 4.14. The van der Waals surface area contributed by atoms with Gasteiger partial charge in [0.25, 0.3) is 0 Å². The Hall–Kier alpha value is -3.19. The van der Waals surface area contributed by atoms with E-state index >= 15 is 0 Å². The van der Waals surface area contributed by atoms with E-state index in [0.717, 1.165) is 10.9 Å². The van der Waals surface area contributed by atoms with E-state index in [2.05, 4.69) is 20.3 Å². The standard InChI is InChI=1S/C18H14ClN5O2/c19-14-6-4-12(5-7-14)16(9-24-11-20-10-22-24)26-18(25)15-3-1-2-13-8-21-23-17(13)15/h1-8,10-11,16H,9H2,(H,21,23)/t16-/m0/s1. The zero-order valence-electron chi connectivity index (χ0n) is 13.5. The minimum atomic E-state index is -0.542. The zero-order chi connectivity index (χ0) is 17.9. The number of carbonyl (C=O) groups is 1. The van der Waals surface area contributed by atoms with Crippen LogP contribution in [0.4, 0.5) is 0 Å². The highest BCUT2D eigenvalue weighted by Gasteiger charge is 2.21. The lowest BCUT2D eigenvalue weighted by atomic mass is 10.1. The van der Waals surface area contributed by atoms with Crippen LogP contribution in [0.1, 0.15) is 22.0 Å². The third-order valence-corrected chi connectivity index (χ3v) is 4.26. The van der Waals surface area contributed by atoms with Crippen molar-refractivity contribution >= 4 is 28.5 Å². The van der Waals surface area contributed by atoms with Gasteiger partial charge in [-0.2, -0.15) is 10.2 Å².